The van der Waals surface area contributed by atoms with Gasteiger partial charge in [0.2, 0.25) is 0 Å². The second kappa shape index (κ2) is 8.51. The molecule has 28 heavy (non-hydrogen) atoms. The van der Waals surface area contributed by atoms with Crippen LogP contribution in [0.4, 0.5) is 14.5 Å². The summed E-state index contributed by atoms with van der Waals surface area (Å²) in [6, 6.07) is 13.5. The van der Waals surface area contributed by atoms with Gasteiger partial charge in [-0.3, -0.25) is 4.79 Å². The Morgan fingerprint density at radius 3 is 2.64 bits per heavy atom. The summed E-state index contributed by atoms with van der Waals surface area (Å²) < 4.78 is 36.1. The third kappa shape index (κ3) is 4.85. The number of hydrogen-bond donors (Lipinski definition) is 1. The van der Waals surface area contributed by atoms with Crippen molar-refractivity contribution in [3.05, 3.63) is 71.5 Å². The van der Waals surface area contributed by atoms with Gasteiger partial charge in [-0.05, 0) is 55.3 Å². The maximum absolute atomic E-state index is 12.4. The molecule has 0 spiro atoms. The topological polar surface area (TPSA) is 65.4 Å². The van der Waals surface area contributed by atoms with Gasteiger partial charge in [0, 0.05) is 11.9 Å². The molecule has 146 valence electrons. The van der Waals surface area contributed by atoms with E-state index >= 15 is 0 Å². The highest BCUT2D eigenvalue weighted by molar-refractivity contribution is 6.03. The van der Waals surface area contributed by atoms with Crippen molar-refractivity contribution in [2.75, 3.05) is 5.32 Å². The van der Waals surface area contributed by atoms with Gasteiger partial charge >= 0.3 is 6.61 Å². The number of amides is 1. The van der Waals surface area contributed by atoms with Crippen LogP contribution in [0.5, 0.6) is 11.5 Å². The number of alkyl halides is 2. The lowest BCUT2D eigenvalue weighted by Crippen LogP contribution is -2.15. The molecule has 2 aromatic carbocycles. The summed E-state index contributed by atoms with van der Waals surface area (Å²) in [5, 5.41) is 6.90. The van der Waals surface area contributed by atoms with E-state index in [1.54, 1.807) is 19.2 Å². The first-order valence-corrected chi connectivity index (χ1v) is 8.51. The number of nitrogens with zero attached hydrogens (tertiary/aromatic N) is 2. The fourth-order valence-corrected chi connectivity index (χ4v) is 2.55. The second-order valence-corrected chi connectivity index (χ2v) is 6.09. The van der Waals surface area contributed by atoms with Gasteiger partial charge in [-0.2, -0.15) is 13.9 Å². The number of hydrogen-bond acceptors (Lipinski definition) is 4. The van der Waals surface area contributed by atoms with E-state index in [-0.39, 0.29) is 18.2 Å². The second-order valence-electron chi connectivity index (χ2n) is 6.09. The molecule has 0 atom stereocenters. The maximum Gasteiger partial charge on any atom is 0.387 e. The number of ether oxygens (including phenoxy) is 2. The Labute approximate surface area is 160 Å². The molecule has 1 amide bonds. The van der Waals surface area contributed by atoms with Gasteiger partial charge in [0.25, 0.3) is 5.91 Å². The van der Waals surface area contributed by atoms with Crippen molar-refractivity contribution in [1.29, 1.82) is 0 Å². The number of carbonyl (C=O) groups excluding carboxylic acids is 1. The zero-order chi connectivity index (χ0) is 20.1. The molecule has 1 aromatic heterocycles. The molecule has 0 aliphatic heterocycles. The van der Waals surface area contributed by atoms with Crippen molar-refractivity contribution < 1.29 is 23.0 Å². The van der Waals surface area contributed by atoms with Crippen molar-refractivity contribution in [2.45, 2.75) is 27.2 Å². The first-order valence-electron chi connectivity index (χ1n) is 8.51. The number of halogens is 2. The van der Waals surface area contributed by atoms with Crippen molar-refractivity contribution in [3.63, 3.8) is 0 Å². The number of para-hydroxylation sites is 1. The number of aryl methyl sites for hydroxylation is 2. The van der Waals surface area contributed by atoms with Crippen molar-refractivity contribution in [3.8, 4) is 11.5 Å². The number of nitrogens with one attached hydrogen (secondary N) is 1. The third-order valence-corrected chi connectivity index (χ3v) is 3.99. The molecule has 0 fully saturated rings. The Hall–Kier alpha value is -3.42. The highest BCUT2D eigenvalue weighted by Gasteiger charge is 2.13. The summed E-state index contributed by atoms with van der Waals surface area (Å²) >= 11 is 0. The smallest absolute Gasteiger partial charge is 0.387 e. The van der Waals surface area contributed by atoms with E-state index in [0.29, 0.717) is 11.3 Å². The normalized spacial score (nSPS) is 10.8. The summed E-state index contributed by atoms with van der Waals surface area (Å²) in [5.74, 6) is 0.356. The van der Waals surface area contributed by atoms with Crippen LogP contribution < -0.4 is 14.8 Å². The highest BCUT2D eigenvalue weighted by Crippen LogP contribution is 2.23. The number of benzene rings is 2. The zero-order valence-electron chi connectivity index (χ0n) is 15.4. The lowest BCUT2D eigenvalue weighted by molar-refractivity contribution is -0.0498. The van der Waals surface area contributed by atoms with Gasteiger partial charge in [-0.25, -0.2) is 4.68 Å². The van der Waals surface area contributed by atoms with Gasteiger partial charge < -0.3 is 14.8 Å². The Balaban J connectivity index is 1.62. The Morgan fingerprint density at radius 2 is 1.93 bits per heavy atom. The molecule has 3 aromatic rings. The number of carbonyl (C=O) groups is 1. The van der Waals surface area contributed by atoms with Crippen LogP contribution in [0, 0.1) is 13.8 Å². The summed E-state index contributed by atoms with van der Waals surface area (Å²) in [4.78, 5) is 12.4. The molecular formula is C20H19F2N3O3. The van der Waals surface area contributed by atoms with Gasteiger partial charge in [0.05, 0.1) is 0 Å². The first-order chi connectivity index (χ1) is 13.4. The van der Waals surface area contributed by atoms with Crippen LogP contribution in [0.25, 0.3) is 0 Å². The number of anilines is 1. The van der Waals surface area contributed by atoms with Gasteiger partial charge in [0.1, 0.15) is 11.5 Å². The van der Waals surface area contributed by atoms with Crippen LogP contribution in [-0.4, -0.2) is 22.3 Å². The van der Waals surface area contributed by atoms with E-state index in [1.165, 1.54) is 22.9 Å². The predicted molar refractivity (Wildman–Crippen MR) is 99.8 cm³/mol. The van der Waals surface area contributed by atoms with Crippen molar-refractivity contribution in [1.82, 2.24) is 9.78 Å². The summed E-state index contributed by atoms with van der Waals surface area (Å²) in [6.45, 7) is 0.891. The Morgan fingerprint density at radius 1 is 1.14 bits per heavy atom. The molecule has 0 saturated carbocycles. The largest absolute Gasteiger partial charge is 0.471 e. The summed E-state index contributed by atoms with van der Waals surface area (Å²) in [6.07, 6.45) is 1.64. The SMILES string of the molecule is Cc1cc(OC(F)F)ccc1NC(=O)c1ccn(COc2ccccc2C)n1. The van der Waals surface area contributed by atoms with Crippen molar-refractivity contribution >= 4 is 11.6 Å². The molecule has 0 aliphatic rings. The lowest BCUT2D eigenvalue weighted by atomic mass is 10.2. The van der Waals surface area contributed by atoms with Crippen LogP contribution in [0.15, 0.2) is 54.7 Å². The fraction of sp³-hybridized carbons (Fsp3) is 0.200. The Bertz CT molecular complexity index is 973. The van der Waals surface area contributed by atoms with Crippen LogP contribution in [-0.2, 0) is 6.73 Å². The van der Waals surface area contributed by atoms with Crippen LogP contribution in [0.1, 0.15) is 21.6 Å². The standard InChI is InChI=1S/C20H19F2N3O3/c1-13-5-3-4-6-18(13)27-12-25-10-9-17(24-25)19(26)23-16-8-7-15(11-14(16)2)28-20(21)22/h3-11,20H,12H2,1-2H3,(H,23,26). The summed E-state index contributed by atoms with van der Waals surface area (Å²) in [7, 11) is 0. The van der Waals surface area contributed by atoms with Crippen molar-refractivity contribution in [2.24, 2.45) is 0 Å². The minimum atomic E-state index is -2.90. The molecule has 3 rings (SSSR count). The van der Waals surface area contributed by atoms with E-state index in [9.17, 15) is 13.6 Å². The maximum atomic E-state index is 12.4. The molecule has 0 aliphatic carbocycles. The average molecular weight is 387 g/mol. The molecule has 0 radical (unpaired) electrons. The molecule has 0 unspecified atom stereocenters. The van der Waals surface area contributed by atoms with Crippen LogP contribution >= 0.6 is 0 Å². The van der Waals surface area contributed by atoms with Crippen LogP contribution in [0.2, 0.25) is 0 Å². The zero-order valence-corrected chi connectivity index (χ0v) is 15.4. The van der Waals surface area contributed by atoms with Gasteiger partial charge in [-0.1, -0.05) is 18.2 Å². The monoisotopic (exact) mass is 387 g/mol. The van der Waals surface area contributed by atoms with E-state index in [1.807, 2.05) is 31.2 Å². The minimum absolute atomic E-state index is 0.0307. The van der Waals surface area contributed by atoms with E-state index in [0.717, 1.165) is 11.3 Å². The predicted octanol–water partition coefficient (Wildman–Crippen LogP) is 4.39. The fourth-order valence-electron chi connectivity index (χ4n) is 2.55. The molecule has 1 N–H and O–H groups in total. The van der Waals surface area contributed by atoms with E-state index in [2.05, 4.69) is 15.2 Å². The third-order valence-electron chi connectivity index (χ3n) is 3.99. The average Bonchev–Trinajstić information content (AvgIpc) is 3.12. The van der Waals surface area contributed by atoms with Gasteiger partial charge in [0.15, 0.2) is 12.4 Å². The highest BCUT2D eigenvalue weighted by atomic mass is 19.3. The lowest BCUT2D eigenvalue weighted by Gasteiger charge is -2.10. The summed E-state index contributed by atoms with van der Waals surface area (Å²) in [5.41, 5.74) is 2.29. The van der Waals surface area contributed by atoms with Gasteiger partial charge in [-0.15, -0.1) is 0 Å². The number of rotatable bonds is 7. The quantitative estimate of drug-likeness (QED) is 0.653. The molecule has 6 nitrogen and oxygen atoms in total. The Kier molecular flexibility index (Phi) is 5.88. The molecule has 0 bridgehead atoms. The van der Waals surface area contributed by atoms with E-state index in [4.69, 9.17) is 4.74 Å². The van der Waals surface area contributed by atoms with E-state index < -0.39 is 12.5 Å². The first kappa shape index (κ1) is 19.3. The van der Waals surface area contributed by atoms with Crippen LogP contribution in [0.3, 0.4) is 0 Å². The number of aromatic nitrogens is 2. The molecular weight excluding hydrogens is 368 g/mol. The molecule has 0 saturated heterocycles. The molecule has 8 heteroatoms. The minimum Gasteiger partial charge on any atom is -0.471 e. The molecule has 1 heterocycles.